The minimum absolute atomic E-state index is 0.112. The van der Waals surface area contributed by atoms with Crippen molar-refractivity contribution in [2.45, 2.75) is 32.7 Å². The van der Waals surface area contributed by atoms with Gasteiger partial charge in [-0.05, 0) is 26.3 Å². The Bertz CT molecular complexity index is 446. The molecule has 0 aromatic carbocycles. The van der Waals surface area contributed by atoms with Crippen molar-refractivity contribution < 1.29 is 9.53 Å². The zero-order chi connectivity index (χ0) is 12.3. The second-order valence-electron chi connectivity index (χ2n) is 4.28. The van der Waals surface area contributed by atoms with Gasteiger partial charge in [0.1, 0.15) is 0 Å². The molecule has 0 spiro atoms. The van der Waals surface area contributed by atoms with Gasteiger partial charge in [0.2, 0.25) is 0 Å². The van der Waals surface area contributed by atoms with Crippen molar-refractivity contribution in [3.05, 3.63) is 34.2 Å². The molecule has 0 aliphatic heterocycles. The molecule has 0 aliphatic carbocycles. The van der Waals surface area contributed by atoms with E-state index in [0.717, 1.165) is 6.42 Å². The van der Waals surface area contributed by atoms with Crippen LogP contribution >= 0.6 is 0 Å². The van der Waals surface area contributed by atoms with E-state index >= 15 is 0 Å². The lowest BCUT2D eigenvalue weighted by atomic mass is 10.0. The molecule has 0 aliphatic rings. The molecule has 0 N–H and O–H groups in total. The normalized spacial score (nSPS) is 11.2. The number of carbonyl (C=O) groups is 1. The van der Waals surface area contributed by atoms with Crippen molar-refractivity contribution in [1.82, 2.24) is 4.57 Å². The molecule has 0 bridgehead atoms. The molecule has 0 atom stereocenters. The fourth-order valence-electron chi connectivity index (χ4n) is 1.37. The highest BCUT2D eigenvalue weighted by molar-refractivity contribution is 5.88. The van der Waals surface area contributed by atoms with Crippen LogP contribution in [0.4, 0.5) is 0 Å². The maximum atomic E-state index is 11.7. The highest BCUT2D eigenvalue weighted by Gasteiger charge is 2.20. The summed E-state index contributed by atoms with van der Waals surface area (Å²) in [5.41, 5.74) is -0.0238. The summed E-state index contributed by atoms with van der Waals surface area (Å²) in [7, 11) is 1.32. The average Bonchev–Trinajstić information content (AvgIpc) is 2.28. The van der Waals surface area contributed by atoms with Crippen LogP contribution in [0, 0.1) is 0 Å². The molecule has 0 radical (unpaired) electrons. The maximum Gasteiger partial charge on any atom is 0.339 e. The van der Waals surface area contributed by atoms with Crippen molar-refractivity contribution in [3.63, 3.8) is 0 Å². The molecule has 0 fully saturated rings. The van der Waals surface area contributed by atoms with Crippen LogP contribution in [0.3, 0.4) is 0 Å². The van der Waals surface area contributed by atoms with Crippen LogP contribution in [-0.4, -0.2) is 17.6 Å². The number of hydrogen-bond acceptors (Lipinski definition) is 3. The van der Waals surface area contributed by atoms with E-state index in [1.807, 2.05) is 20.8 Å². The fraction of sp³-hybridized carbons (Fsp3) is 0.500. The topological polar surface area (TPSA) is 48.3 Å². The first-order valence-electron chi connectivity index (χ1n) is 5.24. The second-order valence-corrected chi connectivity index (χ2v) is 4.28. The van der Waals surface area contributed by atoms with E-state index in [2.05, 4.69) is 4.74 Å². The van der Waals surface area contributed by atoms with E-state index < -0.39 is 5.97 Å². The molecular weight excluding hydrogens is 206 g/mol. The van der Waals surface area contributed by atoms with Crippen LogP contribution in [0.1, 0.15) is 37.6 Å². The third kappa shape index (κ3) is 2.32. The van der Waals surface area contributed by atoms with Crippen LogP contribution in [0.5, 0.6) is 0 Å². The number of esters is 1. The number of pyridine rings is 1. The zero-order valence-electron chi connectivity index (χ0n) is 10.1. The number of carbonyl (C=O) groups excluding carboxylic acids is 1. The van der Waals surface area contributed by atoms with Gasteiger partial charge in [0.15, 0.2) is 0 Å². The Hall–Kier alpha value is -1.58. The number of nitrogens with zero attached hydrogens (tertiary/aromatic N) is 1. The molecule has 1 heterocycles. The van der Waals surface area contributed by atoms with Crippen molar-refractivity contribution in [2.75, 3.05) is 7.11 Å². The Morgan fingerprint density at radius 1 is 1.44 bits per heavy atom. The molecule has 1 aromatic heterocycles. The Balaban J connectivity index is 3.30. The molecule has 16 heavy (non-hydrogen) atoms. The van der Waals surface area contributed by atoms with Gasteiger partial charge in [-0.15, -0.1) is 0 Å². The van der Waals surface area contributed by atoms with Gasteiger partial charge in [0.05, 0.1) is 12.7 Å². The van der Waals surface area contributed by atoms with Gasteiger partial charge in [-0.1, -0.05) is 6.92 Å². The predicted molar refractivity (Wildman–Crippen MR) is 61.7 cm³/mol. The van der Waals surface area contributed by atoms with Crippen LogP contribution in [0.2, 0.25) is 0 Å². The smallest absolute Gasteiger partial charge is 0.339 e. The summed E-state index contributed by atoms with van der Waals surface area (Å²) in [5.74, 6) is -0.430. The first-order chi connectivity index (χ1) is 7.42. The molecule has 0 saturated heterocycles. The van der Waals surface area contributed by atoms with Gasteiger partial charge < -0.3 is 9.30 Å². The number of hydrogen-bond donors (Lipinski definition) is 0. The highest BCUT2D eigenvalue weighted by Crippen LogP contribution is 2.17. The quantitative estimate of drug-likeness (QED) is 0.734. The lowest BCUT2D eigenvalue weighted by Gasteiger charge is -2.26. The largest absolute Gasteiger partial charge is 0.465 e. The van der Waals surface area contributed by atoms with Gasteiger partial charge >= 0.3 is 5.97 Å². The molecule has 0 amide bonds. The van der Waals surface area contributed by atoms with E-state index in [9.17, 15) is 9.59 Å². The SMILES string of the molecule is CCC(C)(C)n1cc(C(=O)OC)ccc1=O. The maximum absolute atomic E-state index is 11.7. The van der Waals surface area contributed by atoms with E-state index in [1.54, 1.807) is 10.8 Å². The van der Waals surface area contributed by atoms with E-state index in [-0.39, 0.29) is 11.1 Å². The minimum Gasteiger partial charge on any atom is -0.465 e. The van der Waals surface area contributed by atoms with Crippen molar-refractivity contribution in [2.24, 2.45) is 0 Å². The Kier molecular flexibility index (Phi) is 3.52. The fourth-order valence-corrected chi connectivity index (χ4v) is 1.37. The molecule has 0 unspecified atom stereocenters. The van der Waals surface area contributed by atoms with Crippen LogP contribution < -0.4 is 5.56 Å². The Labute approximate surface area is 94.9 Å². The second kappa shape index (κ2) is 4.51. The highest BCUT2D eigenvalue weighted by atomic mass is 16.5. The van der Waals surface area contributed by atoms with Gasteiger partial charge in [-0.3, -0.25) is 4.79 Å². The van der Waals surface area contributed by atoms with Gasteiger partial charge in [-0.2, -0.15) is 0 Å². The summed E-state index contributed by atoms with van der Waals surface area (Å²) in [5, 5.41) is 0. The third-order valence-corrected chi connectivity index (χ3v) is 2.85. The van der Waals surface area contributed by atoms with E-state index in [0.29, 0.717) is 5.56 Å². The summed E-state index contributed by atoms with van der Waals surface area (Å²) in [6.45, 7) is 5.90. The monoisotopic (exact) mass is 223 g/mol. The molecule has 4 heteroatoms. The molecule has 4 nitrogen and oxygen atoms in total. The standard InChI is InChI=1S/C12H17NO3/c1-5-12(2,3)13-8-9(11(15)16-4)6-7-10(13)14/h6-8H,5H2,1-4H3. The average molecular weight is 223 g/mol. The number of rotatable bonds is 3. The lowest BCUT2D eigenvalue weighted by molar-refractivity contribution is 0.0599. The molecule has 0 saturated carbocycles. The third-order valence-electron chi connectivity index (χ3n) is 2.85. The zero-order valence-corrected chi connectivity index (χ0v) is 10.1. The summed E-state index contributed by atoms with van der Waals surface area (Å²) in [6.07, 6.45) is 2.36. The number of methoxy groups -OCH3 is 1. The number of aromatic nitrogens is 1. The molecule has 88 valence electrons. The Morgan fingerprint density at radius 3 is 2.56 bits per heavy atom. The summed E-state index contributed by atoms with van der Waals surface area (Å²) < 4.78 is 6.19. The van der Waals surface area contributed by atoms with Crippen molar-refractivity contribution in [1.29, 1.82) is 0 Å². The van der Waals surface area contributed by atoms with Crippen LogP contribution in [0.25, 0.3) is 0 Å². The van der Waals surface area contributed by atoms with Gasteiger partial charge in [-0.25, -0.2) is 4.79 Å². The van der Waals surface area contributed by atoms with Gasteiger partial charge in [0.25, 0.3) is 5.56 Å². The van der Waals surface area contributed by atoms with E-state index in [1.165, 1.54) is 19.2 Å². The van der Waals surface area contributed by atoms with Crippen LogP contribution in [0.15, 0.2) is 23.1 Å². The molecule has 1 rings (SSSR count). The lowest BCUT2D eigenvalue weighted by Crippen LogP contribution is -2.35. The summed E-state index contributed by atoms with van der Waals surface area (Å²) in [4.78, 5) is 23.1. The van der Waals surface area contributed by atoms with Crippen molar-refractivity contribution >= 4 is 5.97 Å². The number of ether oxygens (including phenoxy) is 1. The Morgan fingerprint density at radius 2 is 2.06 bits per heavy atom. The first-order valence-corrected chi connectivity index (χ1v) is 5.24. The van der Waals surface area contributed by atoms with Gasteiger partial charge in [0, 0.05) is 17.8 Å². The van der Waals surface area contributed by atoms with Crippen molar-refractivity contribution in [3.8, 4) is 0 Å². The summed E-state index contributed by atoms with van der Waals surface area (Å²) in [6, 6.07) is 2.88. The molecular formula is C12H17NO3. The summed E-state index contributed by atoms with van der Waals surface area (Å²) >= 11 is 0. The van der Waals surface area contributed by atoms with Crippen LogP contribution in [-0.2, 0) is 10.3 Å². The molecule has 1 aromatic rings. The first kappa shape index (κ1) is 12.5. The van der Waals surface area contributed by atoms with E-state index in [4.69, 9.17) is 0 Å². The minimum atomic E-state index is -0.430. The predicted octanol–water partition coefficient (Wildman–Crippen LogP) is 1.78.